The van der Waals surface area contributed by atoms with Crippen LogP contribution >= 0.6 is 11.8 Å². The van der Waals surface area contributed by atoms with Crippen LogP contribution in [0.4, 0.5) is 11.4 Å². The summed E-state index contributed by atoms with van der Waals surface area (Å²) in [5.74, 6) is 1.57. The van der Waals surface area contributed by atoms with Gasteiger partial charge in [0.05, 0.1) is 22.7 Å². The molecule has 0 saturated carbocycles. The van der Waals surface area contributed by atoms with Gasteiger partial charge in [0, 0.05) is 26.2 Å². The van der Waals surface area contributed by atoms with E-state index < -0.39 is 0 Å². The number of hydrogen-bond acceptors (Lipinski definition) is 5. The highest BCUT2D eigenvalue weighted by Gasteiger charge is 2.40. The quantitative estimate of drug-likeness (QED) is 0.761. The van der Waals surface area contributed by atoms with E-state index in [2.05, 4.69) is 73.3 Å². The molecule has 1 aromatic rings. The van der Waals surface area contributed by atoms with Gasteiger partial charge in [-0.15, -0.1) is 11.8 Å². The van der Waals surface area contributed by atoms with Crippen molar-refractivity contribution in [1.82, 2.24) is 9.80 Å². The molecule has 0 radical (unpaired) electrons. The van der Waals surface area contributed by atoms with Crippen LogP contribution in [-0.2, 0) is 0 Å². The molecule has 1 fully saturated rings. The number of para-hydroxylation sites is 2. The molecule has 4 rings (SSSR count). The van der Waals surface area contributed by atoms with Crippen LogP contribution in [0.25, 0.3) is 0 Å². The number of thioether (sulfide) groups is 1. The molecule has 1 N–H and O–H groups in total. The molecule has 0 aromatic heterocycles. The predicted molar refractivity (Wildman–Crippen MR) is 109 cm³/mol. The summed E-state index contributed by atoms with van der Waals surface area (Å²) < 4.78 is 0. The maximum atomic E-state index is 5.15. The summed E-state index contributed by atoms with van der Waals surface area (Å²) in [4.78, 5) is 11.5. The molecule has 0 aliphatic carbocycles. The minimum absolute atomic E-state index is 0.186. The van der Waals surface area contributed by atoms with Crippen LogP contribution in [0.3, 0.4) is 0 Å². The fourth-order valence-corrected chi connectivity index (χ4v) is 5.00. The monoisotopic (exact) mass is 356 g/mol. The van der Waals surface area contributed by atoms with Crippen LogP contribution in [0.1, 0.15) is 20.8 Å². The molecule has 3 aliphatic rings. The first-order valence-electron chi connectivity index (χ1n) is 9.18. The molecule has 4 nitrogen and oxygen atoms in total. The molecule has 2 unspecified atom stereocenters. The third-order valence-electron chi connectivity index (χ3n) is 5.21. The van der Waals surface area contributed by atoms with E-state index in [9.17, 15) is 0 Å². The van der Waals surface area contributed by atoms with Gasteiger partial charge in [-0.25, -0.2) is 4.99 Å². The number of hydrogen-bond donors (Lipinski definition) is 1. The van der Waals surface area contributed by atoms with E-state index in [1.807, 2.05) is 11.8 Å². The van der Waals surface area contributed by atoms with E-state index >= 15 is 0 Å². The van der Waals surface area contributed by atoms with E-state index in [0.29, 0.717) is 11.3 Å². The fraction of sp³-hybridized carbons (Fsp3) is 0.550. The van der Waals surface area contributed by atoms with Gasteiger partial charge in [0.15, 0.2) is 0 Å². The first-order valence-corrected chi connectivity index (χ1v) is 10.1. The van der Waals surface area contributed by atoms with Crippen molar-refractivity contribution in [2.24, 2.45) is 16.3 Å². The molecular weight excluding hydrogens is 328 g/mol. The molecule has 1 saturated heterocycles. The maximum Gasteiger partial charge on any atom is 0.115 e. The molecule has 5 heteroatoms. The van der Waals surface area contributed by atoms with Crippen LogP contribution in [-0.4, -0.2) is 54.2 Å². The Kier molecular flexibility index (Phi) is 4.32. The second-order valence-corrected chi connectivity index (χ2v) is 9.45. The van der Waals surface area contributed by atoms with Crippen LogP contribution in [0.2, 0.25) is 0 Å². The summed E-state index contributed by atoms with van der Waals surface area (Å²) in [6.07, 6.45) is 2.46. The summed E-state index contributed by atoms with van der Waals surface area (Å²) in [6.45, 7) is 11.2. The van der Waals surface area contributed by atoms with Gasteiger partial charge in [-0.3, -0.25) is 0 Å². The van der Waals surface area contributed by atoms with Gasteiger partial charge >= 0.3 is 0 Å². The Hall–Kier alpha value is -1.46. The van der Waals surface area contributed by atoms with Crippen molar-refractivity contribution in [3.05, 3.63) is 35.2 Å². The van der Waals surface area contributed by atoms with Gasteiger partial charge in [0.1, 0.15) is 5.84 Å². The van der Waals surface area contributed by atoms with Crippen molar-refractivity contribution in [3.8, 4) is 0 Å². The highest BCUT2D eigenvalue weighted by Crippen LogP contribution is 2.48. The predicted octanol–water partition coefficient (Wildman–Crippen LogP) is 4.01. The third-order valence-corrected chi connectivity index (χ3v) is 6.88. The standard InChI is InChI=1S/C20H28N4S/c1-20(2,3)17-13-14-18(24-11-9-23(4)10-12-24)21-15-7-5-6-8-16(15)22-19(14)25-17/h5-8,13-14,19,22H,9-12H2,1-4H3. The average molecular weight is 357 g/mol. The van der Waals surface area contributed by atoms with Gasteiger partial charge in [0.25, 0.3) is 0 Å². The Morgan fingerprint density at radius 3 is 2.56 bits per heavy atom. The van der Waals surface area contributed by atoms with Gasteiger partial charge in [-0.05, 0) is 29.5 Å². The summed E-state index contributed by atoms with van der Waals surface area (Å²) in [5, 5.41) is 4.09. The average Bonchev–Trinajstić information content (AvgIpc) is 2.93. The van der Waals surface area contributed by atoms with Crippen molar-refractivity contribution in [2.45, 2.75) is 26.1 Å². The van der Waals surface area contributed by atoms with Crippen LogP contribution in [0.5, 0.6) is 0 Å². The van der Waals surface area contributed by atoms with E-state index in [4.69, 9.17) is 4.99 Å². The van der Waals surface area contributed by atoms with Crippen molar-refractivity contribution < 1.29 is 0 Å². The number of nitrogens with zero attached hydrogens (tertiary/aromatic N) is 3. The molecule has 2 atom stereocenters. The van der Waals surface area contributed by atoms with Crippen LogP contribution < -0.4 is 5.32 Å². The minimum Gasteiger partial charge on any atom is -0.370 e. The number of allylic oxidation sites excluding steroid dienone is 1. The molecule has 3 aliphatic heterocycles. The number of likely N-dealkylation sites (N-methyl/N-ethyl adjacent to an activating group) is 1. The molecule has 134 valence electrons. The molecule has 0 amide bonds. The molecular formula is C20H28N4S. The lowest BCUT2D eigenvalue weighted by Crippen LogP contribution is -2.50. The van der Waals surface area contributed by atoms with Crippen LogP contribution in [0.15, 0.2) is 40.2 Å². The number of aliphatic imine (C=N–C) groups is 1. The highest BCUT2D eigenvalue weighted by atomic mass is 32.2. The smallest absolute Gasteiger partial charge is 0.115 e. The summed E-state index contributed by atoms with van der Waals surface area (Å²) in [5.41, 5.74) is 2.40. The molecule has 25 heavy (non-hydrogen) atoms. The molecule has 0 bridgehead atoms. The van der Waals surface area contributed by atoms with Crippen molar-refractivity contribution >= 4 is 29.0 Å². The van der Waals surface area contributed by atoms with E-state index in [-0.39, 0.29) is 5.41 Å². The largest absolute Gasteiger partial charge is 0.370 e. The number of anilines is 1. The van der Waals surface area contributed by atoms with E-state index in [1.54, 1.807) is 0 Å². The summed E-state index contributed by atoms with van der Waals surface area (Å²) in [7, 11) is 2.20. The SMILES string of the molecule is CN1CCN(C2=Nc3ccccc3NC3SC(C(C)(C)C)=CC23)CC1. The Labute approximate surface area is 155 Å². The van der Waals surface area contributed by atoms with E-state index in [0.717, 1.165) is 37.6 Å². The maximum absolute atomic E-state index is 5.15. The molecule has 0 spiro atoms. The number of amidine groups is 1. The second kappa shape index (κ2) is 6.36. The van der Waals surface area contributed by atoms with Gasteiger partial charge < -0.3 is 15.1 Å². The van der Waals surface area contributed by atoms with Crippen molar-refractivity contribution in [3.63, 3.8) is 0 Å². The number of rotatable bonds is 0. The topological polar surface area (TPSA) is 30.9 Å². The van der Waals surface area contributed by atoms with Crippen LogP contribution in [0, 0.1) is 11.3 Å². The zero-order chi connectivity index (χ0) is 17.6. The molecule has 3 heterocycles. The van der Waals surface area contributed by atoms with Gasteiger partial charge in [-0.2, -0.15) is 0 Å². The minimum atomic E-state index is 0.186. The zero-order valence-corrected chi connectivity index (χ0v) is 16.4. The lowest BCUT2D eigenvalue weighted by atomic mass is 9.93. The molecule has 1 aromatic carbocycles. The van der Waals surface area contributed by atoms with Crippen molar-refractivity contribution in [2.75, 3.05) is 38.5 Å². The summed E-state index contributed by atoms with van der Waals surface area (Å²) in [6, 6.07) is 8.45. The first-order chi connectivity index (χ1) is 11.9. The zero-order valence-electron chi connectivity index (χ0n) is 15.6. The number of nitrogens with one attached hydrogen (secondary N) is 1. The van der Waals surface area contributed by atoms with Gasteiger partial charge in [-0.1, -0.05) is 39.0 Å². The Morgan fingerprint density at radius 1 is 1.12 bits per heavy atom. The van der Waals surface area contributed by atoms with E-state index in [1.165, 1.54) is 10.7 Å². The van der Waals surface area contributed by atoms with Crippen molar-refractivity contribution in [1.29, 1.82) is 0 Å². The highest BCUT2D eigenvalue weighted by molar-refractivity contribution is 8.04. The van der Waals surface area contributed by atoms with Gasteiger partial charge in [0.2, 0.25) is 0 Å². The second-order valence-electron chi connectivity index (χ2n) is 8.27. The fourth-order valence-electron chi connectivity index (χ4n) is 3.62. The normalized spacial score (nSPS) is 27.0. The first kappa shape index (κ1) is 17.0. The Morgan fingerprint density at radius 2 is 1.84 bits per heavy atom. The Bertz CT molecular complexity index is 711. The lowest BCUT2D eigenvalue weighted by molar-refractivity contribution is 0.211. The summed E-state index contributed by atoms with van der Waals surface area (Å²) >= 11 is 1.98. The number of benzene rings is 1. The Balaban J connectivity index is 1.73. The number of fused-ring (bicyclic) bond motifs is 2. The number of piperazine rings is 1. The lowest BCUT2D eigenvalue weighted by Gasteiger charge is -2.36. The third kappa shape index (κ3) is 3.32.